The van der Waals surface area contributed by atoms with Crippen molar-refractivity contribution < 1.29 is 23.9 Å². The minimum absolute atomic E-state index is 0.140. The predicted molar refractivity (Wildman–Crippen MR) is 126 cm³/mol. The summed E-state index contributed by atoms with van der Waals surface area (Å²) in [5, 5.41) is 11.6. The summed E-state index contributed by atoms with van der Waals surface area (Å²) in [5.41, 5.74) is 2.72. The summed E-state index contributed by atoms with van der Waals surface area (Å²) in [6.45, 7) is 7.38. The molecule has 0 spiro atoms. The van der Waals surface area contributed by atoms with E-state index >= 15 is 0 Å². The van der Waals surface area contributed by atoms with E-state index in [4.69, 9.17) is 14.3 Å². The molecule has 0 radical (unpaired) electrons. The van der Waals surface area contributed by atoms with Crippen LogP contribution in [0.15, 0.2) is 35.5 Å². The molecule has 0 saturated carbocycles. The maximum Gasteiger partial charge on any atom is 0.354 e. The fraction of sp³-hybridized carbons (Fsp3) is 0.520. The lowest BCUT2D eigenvalue weighted by molar-refractivity contribution is -0.168. The first-order chi connectivity index (χ1) is 16.4. The summed E-state index contributed by atoms with van der Waals surface area (Å²) in [6.07, 6.45) is 2.23. The van der Waals surface area contributed by atoms with Crippen LogP contribution in [-0.2, 0) is 25.5 Å². The van der Waals surface area contributed by atoms with Crippen LogP contribution in [0.25, 0.3) is 0 Å². The number of oxime groups is 1. The number of esters is 1. The Morgan fingerprint density at radius 3 is 2.76 bits per heavy atom. The maximum absolute atomic E-state index is 13.0. The van der Waals surface area contributed by atoms with Gasteiger partial charge in [-0.15, -0.1) is 0 Å². The summed E-state index contributed by atoms with van der Waals surface area (Å²) in [5.74, 6) is -0.683. The van der Waals surface area contributed by atoms with Crippen molar-refractivity contribution in [2.45, 2.75) is 58.1 Å². The lowest BCUT2D eigenvalue weighted by atomic mass is 9.89. The minimum atomic E-state index is -1.23. The van der Waals surface area contributed by atoms with E-state index in [0.29, 0.717) is 31.0 Å². The molecule has 1 unspecified atom stereocenters. The van der Waals surface area contributed by atoms with Gasteiger partial charge >= 0.3 is 5.97 Å². The van der Waals surface area contributed by atoms with E-state index in [1.807, 2.05) is 38.1 Å². The van der Waals surface area contributed by atoms with Crippen molar-refractivity contribution in [2.75, 3.05) is 26.4 Å². The largest absolute Gasteiger partial charge is 0.463 e. The molecule has 34 heavy (non-hydrogen) atoms. The third-order valence-corrected chi connectivity index (χ3v) is 6.14. The van der Waals surface area contributed by atoms with Crippen LogP contribution in [0.4, 0.5) is 0 Å². The monoisotopic (exact) mass is 468 g/mol. The topological polar surface area (TPSA) is 104 Å². The van der Waals surface area contributed by atoms with Crippen LogP contribution in [-0.4, -0.2) is 59.3 Å². The van der Waals surface area contributed by atoms with Crippen molar-refractivity contribution in [3.05, 3.63) is 52.8 Å². The van der Waals surface area contributed by atoms with Crippen LogP contribution in [0, 0.1) is 13.8 Å². The van der Waals surface area contributed by atoms with Gasteiger partial charge in [-0.3, -0.25) is 9.48 Å². The minimum Gasteiger partial charge on any atom is -0.463 e. The van der Waals surface area contributed by atoms with Crippen LogP contribution in [0.3, 0.4) is 0 Å². The number of rotatable bonds is 8. The molecule has 0 bridgehead atoms. The van der Waals surface area contributed by atoms with E-state index in [2.05, 4.69) is 15.6 Å². The Balaban J connectivity index is 1.43. The molecule has 1 saturated heterocycles. The Morgan fingerprint density at radius 2 is 2.03 bits per heavy atom. The zero-order chi connectivity index (χ0) is 24.1. The van der Waals surface area contributed by atoms with Gasteiger partial charge in [0, 0.05) is 26.1 Å². The fourth-order valence-electron chi connectivity index (χ4n) is 4.50. The Hall–Kier alpha value is -3.20. The van der Waals surface area contributed by atoms with Crippen LogP contribution in [0.5, 0.6) is 0 Å². The van der Waals surface area contributed by atoms with Gasteiger partial charge in [0.2, 0.25) is 5.60 Å². The Kier molecular flexibility index (Phi) is 7.31. The van der Waals surface area contributed by atoms with E-state index < -0.39 is 11.6 Å². The number of aryl methyl sites for hydroxylation is 2. The molecule has 1 aromatic carbocycles. The first-order valence-corrected chi connectivity index (χ1v) is 11.8. The Bertz CT molecular complexity index is 1070. The molecule has 1 aromatic heterocycles. The fourth-order valence-corrected chi connectivity index (χ4v) is 4.50. The van der Waals surface area contributed by atoms with Gasteiger partial charge < -0.3 is 19.6 Å². The zero-order valence-electron chi connectivity index (χ0n) is 20.0. The van der Waals surface area contributed by atoms with Crippen molar-refractivity contribution in [3.8, 4) is 0 Å². The highest BCUT2D eigenvalue weighted by Gasteiger charge is 2.48. The van der Waals surface area contributed by atoms with Crippen molar-refractivity contribution in [3.63, 3.8) is 0 Å². The zero-order valence-corrected chi connectivity index (χ0v) is 20.0. The first-order valence-electron chi connectivity index (χ1n) is 11.8. The van der Waals surface area contributed by atoms with Crippen molar-refractivity contribution in [1.82, 2.24) is 15.1 Å². The number of carbonyl (C=O) groups is 2. The summed E-state index contributed by atoms with van der Waals surface area (Å²) in [6, 6.07) is 9.85. The summed E-state index contributed by atoms with van der Waals surface area (Å²) in [4.78, 5) is 31.6. The lowest BCUT2D eigenvalue weighted by Gasteiger charge is -2.24. The van der Waals surface area contributed by atoms with E-state index in [1.54, 1.807) is 17.7 Å². The van der Waals surface area contributed by atoms with Gasteiger partial charge in [0.15, 0.2) is 0 Å². The number of nitrogens with one attached hydrogen (secondary N) is 1. The van der Waals surface area contributed by atoms with E-state index in [-0.39, 0.29) is 31.5 Å². The molecule has 1 fully saturated rings. The van der Waals surface area contributed by atoms with Crippen molar-refractivity contribution >= 4 is 17.6 Å². The van der Waals surface area contributed by atoms with Gasteiger partial charge in [-0.2, -0.15) is 5.10 Å². The van der Waals surface area contributed by atoms with Gasteiger partial charge in [-0.25, -0.2) is 4.79 Å². The normalized spacial score (nSPS) is 20.5. The van der Waals surface area contributed by atoms with E-state index in [9.17, 15) is 9.59 Å². The van der Waals surface area contributed by atoms with Crippen molar-refractivity contribution in [1.29, 1.82) is 0 Å². The molecule has 2 aliphatic rings. The number of benzene rings is 1. The molecule has 2 aliphatic heterocycles. The molecule has 2 aromatic rings. The quantitative estimate of drug-likeness (QED) is 0.598. The number of nitrogens with zero attached hydrogens (tertiary/aromatic N) is 3. The molecule has 3 heterocycles. The second-order valence-corrected chi connectivity index (χ2v) is 8.95. The Labute approximate surface area is 199 Å². The number of ether oxygens (including phenoxy) is 2. The van der Waals surface area contributed by atoms with Gasteiger partial charge in [0.05, 0.1) is 30.6 Å². The molecular formula is C25H32N4O5. The number of carbonyl (C=O) groups excluding carboxylic acids is 2. The van der Waals surface area contributed by atoms with Gasteiger partial charge in [0.25, 0.3) is 5.91 Å². The van der Waals surface area contributed by atoms with E-state index in [0.717, 1.165) is 29.7 Å². The summed E-state index contributed by atoms with van der Waals surface area (Å²) < 4.78 is 12.6. The third-order valence-electron chi connectivity index (χ3n) is 6.14. The highest BCUT2D eigenvalue weighted by atomic mass is 16.7. The van der Waals surface area contributed by atoms with Gasteiger partial charge in [-0.1, -0.05) is 35.0 Å². The first kappa shape index (κ1) is 23.9. The van der Waals surface area contributed by atoms with Crippen LogP contribution >= 0.6 is 0 Å². The molecule has 1 atom stereocenters. The van der Waals surface area contributed by atoms with Gasteiger partial charge in [0.1, 0.15) is 5.69 Å². The molecule has 1 N–H and O–H groups in total. The number of hydrogen-bond acceptors (Lipinski definition) is 7. The second kappa shape index (κ2) is 10.4. The number of hydrogen-bond donors (Lipinski definition) is 1. The second-order valence-electron chi connectivity index (χ2n) is 8.95. The standard InChI is InChI=1S/C25H32N4O5/c1-4-33-24(31)25(14-19-7-5-6-17(2)12-19)15-20(28-34-25)16-26-23(30)22-13-18(3)27-29(22)21-8-10-32-11-9-21/h5-7,12-13,21H,4,8-11,14-16H2,1-3H3,(H,26,30). The summed E-state index contributed by atoms with van der Waals surface area (Å²) >= 11 is 0. The molecule has 4 rings (SSSR count). The molecule has 1 amide bonds. The summed E-state index contributed by atoms with van der Waals surface area (Å²) in [7, 11) is 0. The lowest BCUT2D eigenvalue weighted by Crippen LogP contribution is -2.43. The average Bonchev–Trinajstić information content (AvgIpc) is 3.42. The Morgan fingerprint density at radius 1 is 1.24 bits per heavy atom. The molecule has 182 valence electrons. The molecule has 9 nitrogen and oxygen atoms in total. The van der Waals surface area contributed by atoms with Crippen LogP contribution < -0.4 is 5.32 Å². The van der Waals surface area contributed by atoms with E-state index in [1.165, 1.54) is 0 Å². The third kappa shape index (κ3) is 5.30. The maximum atomic E-state index is 13.0. The number of amides is 1. The molecular weight excluding hydrogens is 436 g/mol. The van der Waals surface area contributed by atoms with Crippen LogP contribution in [0.2, 0.25) is 0 Å². The number of aromatic nitrogens is 2. The molecule has 9 heteroatoms. The highest BCUT2D eigenvalue weighted by molar-refractivity contribution is 5.99. The molecule has 0 aliphatic carbocycles. The highest BCUT2D eigenvalue weighted by Crippen LogP contribution is 2.30. The smallest absolute Gasteiger partial charge is 0.354 e. The predicted octanol–water partition coefficient (Wildman–Crippen LogP) is 2.90. The average molecular weight is 469 g/mol. The SMILES string of the molecule is CCOC(=O)C1(Cc2cccc(C)c2)CC(CNC(=O)c2cc(C)nn2C2CCOCC2)=NO1. The van der Waals surface area contributed by atoms with Gasteiger partial charge in [-0.05, 0) is 45.2 Å². The van der Waals surface area contributed by atoms with Crippen molar-refractivity contribution in [2.24, 2.45) is 5.16 Å². The van der Waals surface area contributed by atoms with Crippen LogP contribution in [0.1, 0.15) is 59.5 Å².